The molecular weight excluding hydrogens is 200 g/mol. The molecule has 1 aromatic carbocycles. The van der Waals surface area contributed by atoms with Crippen molar-refractivity contribution in [2.24, 2.45) is 5.92 Å². The largest absolute Gasteiger partial charge is 0.545 e. The van der Waals surface area contributed by atoms with Crippen molar-refractivity contribution in [3.05, 3.63) is 41.5 Å². The van der Waals surface area contributed by atoms with E-state index in [0.29, 0.717) is 5.57 Å². The minimum atomic E-state index is -1.02. The molecule has 1 aliphatic carbocycles. The minimum Gasteiger partial charge on any atom is -0.545 e. The maximum absolute atomic E-state index is 11.1. The van der Waals surface area contributed by atoms with Crippen LogP contribution < -0.4 is 5.11 Å². The van der Waals surface area contributed by atoms with Crippen LogP contribution in [-0.4, -0.2) is 5.97 Å². The molecule has 2 heteroatoms. The highest BCUT2D eigenvalue weighted by atomic mass is 16.4. The first-order valence-corrected chi connectivity index (χ1v) is 5.75. The summed E-state index contributed by atoms with van der Waals surface area (Å²) >= 11 is 0. The molecule has 1 aromatic rings. The Kier molecular flexibility index (Phi) is 3.40. The van der Waals surface area contributed by atoms with E-state index in [1.807, 2.05) is 30.3 Å². The maximum atomic E-state index is 11.1. The van der Waals surface area contributed by atoms with E-state index in [1.54, 1.807) is 6.08 Å². The van der Waals surface area contributed by atoms with E-state index < -0.39 is 5.97 Å². The second-order valence-electron chi connectivity index (χ2n) is 4.28. The van der Waals surface area contributed by atoms with E-state index in [9.17, 15) is 9.90 Å². The van der Waals surface area contributed by atoms with Crippen molar-refractivity contribution in [2.75, 3.05) is 0 Å². The smallest absolute Gasteiger partial charge is 0.0677 e. The van der Waals surface area contributed by atoms with Gasteiger partial charge in [-0.3, -0.25) is 0 Å². The van der Waals surface area contributed by atoms with Gasteiger partial charge in [0.05, 0.1) is 5.97 Å². The Balaban J connectivity index is 2.25. The molecule has 0 aliphatic heterocycles. The van der Waals surface area contributed by atoms with Gasteiger partial charge in [-0.1, -0.05) is 43.2 Å². The third-order valence-corrected chi connectivity index (χ3v) is 3.15. The van der Waals surface area contributed by atoms with Crippen LogP contribution in [0.2, 0.25) is 0 Å². The van der Waals surface area contributed by atoms with Gasteiger partial charge in [0, 0.05) is 0 Å². The summed E-state index contributed by atoms with van der Waals surface area (Å²) in [4.78, 5) is 11.1. The van der Waals surface area contributed by atoms with E-state index >= 15 is 0 Å². The van der Waals surface area contributed by atoms with Gasteiger partial charge in [-0.15, -0.1) is 0 Å². The average Bonchev–Trinajstić information content (AvgIpc) is 2.80. The number of carboxylic acid groups (broad SMARTS) is 1. The fourth-order valence-corrected chi connectivity index (χ4v) is 2.31. The molecule has 0 unspecified atom stereocenters. The van der Waals surface area contributed by atoms with Gasteiger partial charge in [0.15, 0.2) is 0 Å². The zero-order chi connectivity index (χ0) is 11.4. The summed E-state index contributed by atoms with van der Waals surface area (Å²) in [6.45, 7) is 0. The van der Waals surface area contributed by atoms with Crippen LogP contribution in [0, 0.1) is 5.92 Å². The lowest BCUT2D eigenvalue weighted by molar-refractivity contribution is -0.299. The van der Waals surface area contributed by atoms with Crippen LogP contribution >= 0.6 is 0 Å². The summed E-state index contributed by atoms with van der Waals surface area (Å²) < 4.78 is 0. The number of carbonyl (C=O) groups excluding carboxylic acids is 1. The zero-order valence-corrected chi connectivity index (χ0v) is 9.19. The summed E-state index contributed by atoms with van der Waals surface area (Å²) in [5, 5.41) is 11.1. The fourth-order valence-electron chi connectivity index (χ4n) is 2.31. The number of carbonyl (C=O) groups is 1. The summed E-state index contributed by atoms with van der Waals surface area (Å²) in [6.07, 6.45) is 5.97. The van der Waals surface area contributed by atoms with Crippen LogP contribution in [0.1, 0.15) is 31.2 Å². The summed E-state index contributed by atoms with van der Waals surface area (Å²) in [5.74, 6) is -0.832. The second-order valence-corrected chi connectivity index (χ2v) is 4.28. The quantitative estimate of drug-likeness (QED) is 0.723. The van der Waals surface area contributed by atoms with Crippen molar-refractivity contribution in [1.82, 2.24) is 0 Å². The molecule has 16 heavy (non-hydrogen) atoms. The van der Waals surface area contributed by atoms with E-state index in [2.05, 4.69) is 0 Å². The molecule has 0 radical (unpaired) electrons. The molecule has 0 saturated heterocycles. The zero-order valence-electron chi connectivity index (χ0n) is 9.19. The summed E-state index contributed by atoms with van der Waals surface area (Å²) in [7, 11) is 0. The van der Waals surface area contributed by atoms with Crippen molar-refractivity contribution < 1.29 is 9.90 Å². The summed E-state index contributed by atoms with van der Waals surface area (Å²) in [5.41, 5.74) is 1.40. The third kappa shape index (κ3) is 2.51. The van der Waals surface area contributed by atoms with Gasteiger partial charge < -0.3 is 9.90 Å². The molecule has 0 amide bonds. The van der Waals surface area contributed by atoms with Crippen LogP contribution in [0.5, 0.6) is 0 Å². The van der Waals surface area contributed by atoms with Crippen molar-refractivity contribution >= 4 is 12.0 Å². The Labute approximate surface area is 95.6 Å². The number of benzene rings is 1. The SMILES string of the molecule is O=C([O-])/C(=C/c1ccccc1)C1CCCC1. The molecule has 2 nitrogen and oxygen atoms in total. The topological polar surface area (TPSA) is 40.1 Å². The Morgan fingerprint density at radius 2 is 1.81 bits per heavy atom. The van der Waals surface area contributed by atoms with E-state index in [0.717, 1.165) is 31.2 Å². The number of rotatable bonds is 3. The normalized spacial score (nSPS) is 17.6. The lowest BCUT2D eigenvalue weighted by Crippen LogP contribution is -2.27. The third-order valence-electron chi connectivity index (χ3n) is 3.15. The summed E-state index contributed by atoms with van der Waals surface area (Å²) in [6, 6.07) is 9.57. The highest BCUT2D eigenvalue weighted by Gasteiger charge is 2.19. The van der Waals surface area contributed by atoms with Gasteiger partial charge in [-0.2, -0.15) is 0 Å². The first kappa shape index (κ1) is 10.9. The molecule has 0 atom stereocenters. The van der Waals surface area contributed by atoms with Crippen LogP contribution in [0.25, 0.3) is 6.08 Å². The van der Waals surface area contributed by atoms with Crippen molar-refractivity contribution in [2.45, 2.75) is 25.7 Å². The van der Waals surface area contributed by atoms with Gasteiger partial charge in [0.25, 0.3) is 0 Å². The molecule has 1 saturated carbocycles. The van der Waals surface area contributed by atoms with E-state index in [4.69, 9.17) is 0 Å². The lowest BCUT2D eigenvalue weighted by atomic mass is 9.95. The number of carboxylic acids is 1. The van der Waals surface area contributed by atoms with Crippen molar-refractivity contribution in [3.8, 4) is 0 Å². The Morgan fingerprint density at radius 1 is 1.19 bits per heavy atom. The van der Waals surface area contributed by atoms with Crippen LogP contribution in [0.3, 0.4) is 0 Å². The highest BCUT2D eigenvalue weighted by Crippen LogP contribution is 2.31. The van der Waals surface area contributed by atoms with Gasteiger partial charge in [-0.05, 0) is 36.0 Å². The standard InChI is InChI=1S/C14H16O2/c15-14(16)13(12-8-4-5-9-12)10-11-6-2-1-3-7-11/h1-3,6-7,10,12H,4-5,8-9H2,(H,15,16)/p-1/b13-10+. The highest BCUT2D eigenvalue weighted by molar-refractivity contribution is 5.91. The molecule has 2 rings (SSSR count). The predicted molar refractivity (Wildman–Crippen MR) is 61.4 cm³/mol. The second kappa shape index (κ2) is 4.97. The molecule has 1 fully saturated rings. The average molecular weight is 215 g/mol. The van der Waals surface area contributed by atoms with Gasteiger partial charge >= 0.3 is 0 Å². The van der Waals surface area contributed by atoms with Gasteiger partial charge in [-0.25, -0.2) is 0 Å². The molecule has 0 N–H and O–H groups in total. The Morgan fingerprint density at radius 3 is 2.38 bits per heavy atom. The number of hydrogen-bond acceptors (Lipinski definition) is 2. The van der Waals surface area contributed by atoms with Crippen LogP contribution in [0.4, 0.5) is 0 Å². The van der Waals surface area contributed by atoms with E-state index in [-0.39, 0.29) is 5.92 Å². The number of aliphatic carboxylic acids is 1. The molecule has 0 spiro atoms. The predicted octanol–water partition coefficient (Wildman–Crippen LogP) is 2.01. The van der Waals surface area contributed by atoms with Gasteiger partial charge in [0.1, 0.15) is 0 Å². The van der Waals surface area contributed by atoms with Crippen LogP contribution in [0.15, 0.2) is 35.9 Å². The Hall–Kier alpha value is -1.57. The molecular formula is C14H15O2-. The monoisotopic (exact) mass is 215 g/mol. The molecule has 84 valence electrons. The molecule has 0 aromatic heterocycles. The first-order chi connectivity index (χ1) is 7.77. The number of hydrogen-bond donors (Lipinski definition) is 0. The Bertz CT molecular complexity index is 386. The fraction of sp³-hybridized carbons (Fsp3) is 0.357. The lowest BCUT2D eigenvalue weighted by Gasteiger charge is -2.15. The van der Waals surface area contributed by atoms with E-state index in [1.165, 1.54) is 0 Å². The van der Waals surface area contributed by atoms with Crippen LogP contribution in [-0.2, 0) is 4.79 Å². The minimum absolute atomic E-state index is 0.185. The molecule has 0 bridgehead atoms. The maximum Gasteiger partial charge on any atom is 0.0677 e. The molecule has 1 aliphatic rings. The van der Waals surface area contributed by atoms with Crippen molar-refractivity contribution in [1.29, 1.82) is 0 Å². The molecule has 0 heterocycles. The van der Waals surface area contributed by atoms with Crippen molar-refractivity contribution in [3.63, 3.8) is 0 Å². The first-order valence-electron chi connectivity index (χ1n) is 5.75. The van der Waals surface area contributed by atoms with Gasteiger partial charge in [0.2, 0.25) is 0 Å².